The van der Waals surface area contributed by atoms with Crippen molar-refractivity contribution in [3.05, 3.63) is 35.4 Å². The first kappa shape index (κ1) is 11.6. The number of ether oxygens (including phenoxy) is 1. The third-order valence-electron chi connectivity index (χ3n) is 3.30. The van der Waals surface area contributed by atoms with E-state index in [4.69, 9.17) is 4.74 Å². The van der Waals surface area contributed by atoms with E-state index >= 15 is 0 Å². The van der Waals surface area contributed by atoms with Crippen molar-refractivity contribution in [3.63, 3.8) is 0 Å². The van der Waals surface area contributed by atoms with Crippen LogP contribution in [0.1, 0.15) is 30.1 Å². The fourth-order valence-electron chi connectivity index (χ4n) is 2.20. The maximum atomic E-state index is 10.1. The van der Waals surface area contributed by atoms with Crippen LogP contribution in [0.3, 0.4) is 0 Å². The normalized spacial score (nSPS) is 19.4. The number of benzene rings is 1. The summed E-state index contributed by atoms with van der Waals surface area (Å²) in [7, 11) is 3.59. The van der Waals surface area contributed by atoms with Crippen LogP contribution in [0.5, 0.6) is 0 Å². The third-order valence-corrected chi connectivity index (χ3v) is 3.30. The molecule has 0 bridgehead atoms. The molecule has 1 aliphatic carbocycles. The third kappa shape index (κ3) is 1.98. The first-order chi connectivity index (χ1) is 7.73. The zero-order chi connectivity index (χ0) is 11.6. The second-order valence-corrected chi connectivity index (χ2v) is 4.36. The van der Waals surface area contributed by atoms with Gasteiger partial charge in [0.05, 0.1) is 11.7 Å². The molecular weight excluding hydrogens is 202 g/mol. The molecule has 0 aromatic heterocycles. The van der Waals surface area contributed by atoms with Crippen molar-refractivity contribution in [2.24, 2.45) is 0 Å². The fraction of sp³-hybridized carbons (Fsp3) is 0.538. The molecule has 1 aromatic rings. The van der Waals surface area contributed by atoms with Gasteiger partial charge in [-0.05, 0) is 31.0 Å². The molecule has 2 rings (SSSR count). The molecule has 1 fully saturated rings. The number of likely N-dealkylation sites (N-methyl/N-ethyl adjacent to an activating group) is 1. The maximum absolute atomic E-state index is 10.1. The average Bonchev–Trinajstić information content (AvgIpc) is 3.10. The lowest BCUT2D eigenvalue weighted by Gasteiger charge is -2.21. The molecule has 1 aromatic carbocycles. The summed E-state index contributed by atoms with van der Waals surface area (Å²) in [6, 6.07) is 8.01. The number of hydrogen-bond acceptors (Lipinski definition) is 3. The van der Waals surface area contributed by atoms with Crippen LogP contribution < -0.4 is 5.32 Å². The number of rotatable bonds is 5. The molecule has 16 heavy (non-hydrogen) atoms. The molecule has 0 heterocycles. The standard InChI is InChI=1S/C13H19NO2/c1-14-9-12(15)10-5-3-4-6-11(10)13(16-2)7-8-13/h3-6,12,14-15H,7-9H2,1-2H3. The van der Waals surface area contributed by atoms with Gasteiger partial charge in [-0.2, -0.15) is 0 Å². The van der Waals surface area contributed by atoms with Gasteiger partial charge in [-0.1, -0.05) is 24.3 Å². The first-order valence-corrected chi connectivity index (χ1v) is 5.71. The summed E-state index contributed by atoms with van der Waals surface area (Å²) < 4.78 is 5.57. The molecule has 88 valence electrons. The lowest BCUT2D eigenvalue weighted by molar-refractivity contribution is 0.0744. The number of aliphatic hydroxyl groups excluding tert-OH is 1. The number of hydrogen-bond donors (Lipinski definition) is 2. The summed E-state index contributed by atoms with van der Waals surface area (Å²) in [4.78, 5) is 0. The lowest BCUT2D eigenvalue weighted by atomic mass is 9.96. The first-order valence-electron chi connectivity index (χ1n) is 5.71. The second kappa shape index (κ2) is 4.53. The van der Waals surface area contributed by atoms with Crippen molar-refractivity contribution in [3.8, 4) is 0 Å². The molecule has 0 spiro atoms. The molecule has 2 N–H and O–H groups in total. The Labute approximate surface area is 96.4 Å². The van der Waals surface area contributed by atoms with Gasteiger partial charge in [0.25, 0.3) is 0 Å². The molecule has 3 heteroatoms. The van der Waals surface area contributed by atoms with Crippen LogP contribution in [0.15, 0.2) is 24.3 Å². The van der Waals surface area contributed by atoms with E-state index in [9.17, 15) is 5.11 Å². The number of methoxy groups -OCH3 is 1. The Bertz CT molecular complexity index is 361. The van der Waals surface area contributed by atoms with Crippen molar-refractivity contribution in [2.45, 2.75) is 24.5 Å². The van der Waals surface area contributed by atoms with Crippen LogP contribution in [-0.4, -0.2) is 25.8 Å². The van der Waals surface area contributed by atoms with Gasteiger partial charge in [0.2, 0.25) is 0 Å². The minimum Gasteiger partial charge on any atom is -0.387 e. The van der Waals surface area contributed by atoms with Gasteiger partial charge >= 0.3 is 0 Å². The Morgan fingerprint density at radius 1 is 1.44 bits per heavy atom. The highest BCUT2D eigenvalue weighted by Gasteiger charge is 2.46. The lowest BCUT2D eigenvalue weighted by Crippen LogP contribution is -2.20. The highest BCUT2D eigenvalue weighted by Crippen LogP contribution is 2.50. The number of nitrogens with one attached hydrogen (secondary N) is 1. The summed E-state index contributed by atoms with van der Waals surface area (Å²) in [5.74, 6) is 0. The van der Waals surface area contributed by atoms with Gasteiger partial charge in [0.15, 0.2) is 0 Å². The van der Waals surface area contributed by atoms with Crippen molar-refractivity contribution in [1.29, 1.82) is 0 Å². The topological polar surface area (TPSA) is 41.5 Å². The van der Waals surface area contributed by atoms with E-state index in [2.05, 4.69) is 11.4 Å². The molecule has 1 aliphatic rings. The van der Waals surface area contributed by atoms with Crippen LogP contribution in [0.25, 0.3) is 0 Å². The molecule has 0 saturated heterocycles. The molecular formula is C13H19NO2. The second-order valence-electron chi connectivity index (χ2n) is 4.36. The largest absolute Gasteiger partial charge is 0.387 e. The van der Waals surface area contributed by atoms with Crippen molar-refractivity contribution in [1.82, 2.24) is 5.32 Å². The molecule has 0 amide bonds. The van der Waals surface area contributed by atoms with Crippen LogP contribution in [0, 0.1) is 0 Å². The minimum atomic E-state index is -0.464. The van der Waals surface area contributed by atoms with E-state index in [0.717, 1.165) is 24.0 Å². The predicted molar refractivity (Wildman–Crippen MR) is 63.2 cm³/mol. The van der Waals surface area contributed by atoms with Gasteiger partial charge in [0.1, 0.15) is 0 Å². The molecule has 3 nitrogen and oxygen atoms in total. The van der Waals surface area contributed by atoms with E-state index in [0.29, 0.717) is 6.54 Å². The summed E-state index contributed by atoms with van der Waals surface area (Å²) >= 11 is 0. The van der Waals surface area contributed by atoms with Gasteiger partial charge in [-0.3, -0.25) is 0 Å². The van der Waals surface area contributed by atoms with E-state index in [1.54, 1.807) is 7.11 Å². The fourth-order valence-corrected chi connectivity index (χ4v) is 2.20. The molecule has 1 saturated carbocycles. The molecule has 1 atom stereocenters. The van der Waals surface area contributed by atoms with Crippen molar-refractivity contribution >= 4 is 0 Å². The Morgan fingerprint density at radius 3 is 2.69 bits per heavy atom. The van der Waals surface area contributed by atoms with Gasteiger partial charge in [-0.15, -0.1) is 0 Å². The van der Waals surface area contributed by atoms with E-state index in [1.165, 1.54) is 0 Å². The van der Waals surface area contributed by atoms with Crippen molar-refractivity contribution in [2.75, 3.05) is 20.7 Å². The maximum Gasteiger partial charge on any atom is 0.0933 e. The van der Waals surface area contributed by atoms with E-state index in [1.807, 2.05) is 25.2 Å². The van der Waals surface area contributed by atoms with E-state index in [-0.39, 0.29) is 5.60 Å². The summed E-state index contributed by atoms with van der Waals surface area (Å²) in [6.45, 7) is 0.566. The SMILES string of the molecule is CNCC(O)c1ccccc1C1(OC)CC1. The Kier molecular flexibility index (Phi) is 3.28. The smallest absolute Gasteiger partial charge is 0.0933 e. The van der Waals surface area contributed by atoms with Crippen molar-refractivity contribution < 1.29 is 9.84 Å². The summed E-state index contributed by atoms with van der Waals surface area (Å²) in [5, 5.41) is 13.1. The molecule has 0 aliphatic heterocycles. The van der Waals surface area contributed by atoms with Crippen LogP contribution in [0.4, 0.5) is 0 Å². The average molecular weight is 221 g/mol. The molecule has 0 radical (unpaired) electrons. The Balaban J connectivity index is 2.31. The zero-order valence-corrected chi connectivity index (χ0v) is 9.86. The van der Waals surface area contributed by atoms with Gasteiger partial charge in [0, 0.05) is 13.7 Å². The van der Waals surface area contributed by atoms with Gasteiger partial charge < -0.3 is 15.2 Å². The number of aliphatic hydroxyl groups is 1. The zero-order valence-electron chi connectivity index (χ0n) is 9.86. The van der Waals surface area contributed by atoms with Crippen LogP contribution in [0.2, 0.25) is 0 Å². The predicted octanol–water partition coefficient (Wildman–Crippen LogP) is 1.57. The van der Waals surface area contributed by atoms with Gasteiger partial charge in [-0.25, -0.2) is 0 Å². The minimum absolute atomic E-state index is 0.134. The van der Waals surface area contributed by atoms with Crippen LogP contribution in [-0.2, 0) is 10.3 Å². The molecule has 1 unspecified atom stereocenters. The summed E-state index contributed by atoms with van der Waals surface area (Å²) in [6.07, 6.45) is 1.63. The highest BCUT2D eigenvalue weighted by atomic mass is 16.5. The Hall–Kier alpha value is -0.900. The van der Waals surface area contributed by atoms with E-state index < -0.39 is 6.10 Å². The monoisotopic (exact) mass is 221 g/mol. The summed E-state index contributed by atoms with van der Waals surface area (Å²) in [5.41, 5.74) is 1.99. The Morgan fingerprint density at radius 2 is 2.12 bits per heavy atom. The quantitative estimate of drug-likeness (QED) is 0.793. The highest BCUT2D eigenvalue weighted by molar-refractivity contribution is 5.37. The van der Waals surface area contributed by atoms with Crippen LogP contribution >= 0.6 is 0 Å².